The third-order valence-electron chi connectivity index (χ3n) is 3.63. The summed E-state index contributed by atoms with van der Waals surface area (Å²) in [6.07, 6.45) is 11.0. The highest BCUT2D eigenvalue weighted by atomic mass is 16.5. The SMILES string of the molecule is CCC[CH]C1OCCC2CCCC21. The Morgan fingerprint density at radius 3 is 3.08 bits per heavy atom. The molecular weight excluding hydrogens is 160 g/mol. The van der Waals surface area contributed by atoms with Crippen LogP contribution in [0.15, 0.2) is 0 Å². The van der Waals surface area contributed by atoms with E-state index in [2.05, 4.69) is 13.3 Å². The minimum Gasteiger partial charge on any atom is -0.378 e. The van der Waals surface area contributed by atoms with Gasteiger partial charge in [-0.25, -0.2) is 0 Å². The lowest BCUT2D eigenvalue weighted by molar-refractivity contribution is -0.0286. The van der Waals surface area contributed by atoms with Gasteiger partial charge in [-0.3, -0.25) is 0 Å². The van der Waals surface area contributed by atoms with Gasteiger partial charge in [0, 0.05) is 6.61 Å². The van der Waals surface area contributed by atoms with Crippen LogP contribution in [-0.4, -0.2) is 12.7 Å². The highest BCUT2D eigenvalue weighted by Gasteiger charge is 2.36. The zero-order valence-electron chi connectivity index (χ0n) is 8.67. The molecule has 1 heterocycles. The predicted octanol–water partition coefficient (Wildman–Crippen LogP) is 3.20. The maximum absolute atomic E-state index is 5.84. The number of hydrogen-bond acceptors (Lipinski definition) is 1. The fraction of sp³-hybridized carbons (Fsp3) is 0.917. The zero-order valence-corrected chi connectivity index (χ0v) is 8.67. The molecule has 75 valence electrons. The van der Waals surface area contributed by atoms with Crippen LogP contribution < -0.4 is 0 Å². The molecule has 2 aliphatic rings. The van der Waals surface area contributed by atoms with Crippen LogP contribution in [0.4, 0.5) is 0 Å². The smallest absolute Gasteiger partial charge is 0.0637 e. The monoisotopic (exact) mass is 181 g/mol. The summed E-state index contributed by atoms with van der Waals surface area (Å²) < 4.78 is 5.84. The van der Waals surface area contributed by atoms with Gasteiger partial charge in [0.1, 0.15) is 0 Å². The first kappa shape index (κ1) is 9.51. The van der Waals surface area contributed by atoms with E-state index in [1.807, 2.05) is 0 Å². The largest absolute Gasteiger partial charge is 0.378 e. The van der Waals surface area contributed by atoms with Gasteiger partial charge in [0.2, 0.25) is 0 Å². The summed E-state index contributed by atoms with van der Waals surface area (Å²) in [4.78, 5) is 0. The average Bonchev–Trinajstić information content (AvgIpc) is 2.62. The van der Waals surface area contributed by atoms with E-state index in [0.717, 1.165) is 18.4 Å². The van der Waals surface area contributed by atoms with Gasteiger partial charge in [0.05, 0.1) is 6.10 Å². The van der Waals surface area contributed by atoms with Crippen LogP contribution in [0.1, 0.15) is 45.4 Å². The second-order valence-corrected chi connectivity index (χ2v) is 4.50. The van der Waals surface area contributed by atoms with Crippen molar-refractivity contribution in [3.05, 3.63) is 6.42 Å². The van der Waals surface area contributed by atoms with Crippen molar-refractivity contribution in [2.75, 3.05) is 6.61 Å². The van der Waals surface area contributed by atoms with Crippen molar-refractivity contribution in [2.24, 2.45) is 11.8 Å². The Bertz CT molecular complexity index is 155. The van der Waals surface area contributed by atoms with Gasteiger partial charge < -0.3 is 4.74 Å². The van der Waals surface area contributed by atoms with Crippen LogP contribution in [0.5, 0.6) is 0 Å². The second kappa shape index (κ2) is 4.45. The van der Waals surface area contributed by atoms with Crippen molar-refractivity contribution >= 4 is 0 Å². The van der Waals surface area contributed by atoms with Crippen molar-refractivity contribution in [3.8, 4) is 0 Å². The van der Waals surface area contributed by atoms with E-state index in [0.29, 0.717) is 6.10 Å². The Morgan fingerprint density at radius 1 is 1.31 bits per heavy atom. The topological polar surface area (TPSA) is 9.23 Å². The summed E-state index contributed by atoms with van der Waals surface area (Å²) in [5.74, 6) is 1.87. The molecule has 3 unspecified atom stereocenters. The first-order chi connectivity index (χ1) is 6.42. The molecule has 13 heavy (non-hydrogen) atoms. The minimum atomic E-state index is 0.501. The van der Waals surface area contributed by atoms with E-state index in [-0.39, 0.29) is 0 Å². The summed E-state index contributed by atoms with van der Waals surface area (Å²) in [6.45, 7) is 3.25. The Balaban J connectivity index is 1.86. The first-order valence-corrected chi connectivity index (χ1v) is 5.86. The standard InChI is InChI=1S/C12H21O/c1-2-3-7-12-11-6-4-5-10(11)8-9-13-12/h7,10-12H,2-6,8-9H2,1H3. The third-order valence-corrected chi connectivity index (χ3v) is 3.63. The van der Waals surface area contributed by atoms with Gasteiger partial charge in [-0.2, -0.15) is 0 Å². The summed E-state index contributed by atoms with van der Waals surface area (Å²) in [6, 6.07) is 0. The lowest BCUT2D eigenvalue weighted by atomic mass is 9.84. The molecule has 1 heteroatoms. The van der Waals surface area contributed by atoms with Gasteiger partial charge in [0.25, 0.3) is 0 Å². The fourth-order valence-corrected chi connectivity index (χ4v) is 2.91. The van der Waals surface area contributed by atoms with Crippen LogP contribution in [0.3, 0.4) is 0 Å². The van der Waals surface area contributed by atoms with Gasteiger partial charge in [-0.05, 0) is 43.9 Å². The summed E-state index contributed by atoms with van der Waals surface area (Å²) in [5.41, 5.74) is 0. The second-order valence-electron chi connectivity index (χ2n) is 4.50. The molecule has 0 spiro atoms. The molecule has 0 amide bonds. The summed E-state index contributed by atoms with van der Waals surface area (Å²) in [7, 11) is 0. The number of unbranched alkanes of at least 4 members (excludes halogenated alkanes) is 1. The van der Waals surface area contributed by atoms with Crippen LogP contribution in [-0.2, 0) is 4.74 Å². The fourth-order valence-electron chi connectivity index (χ4n) is 2.91. The third kappa shape index (κ3) is 2.07. The van der Waals surface area contributed by atoms with Crippen molar-refractivity contribution in [3.63, 3.8) is 0 Å². The highest BCUT2D eigenvalue weighted by Crippen LogP contribution is 2.41. The van der Waals surface area contributed by atoms with Crippen LogP contribution in [0, 0.1) is 18.3 Å². The molecule has 2 fully saturated rings. The Hall–Kier alpha value is -0.0400. The molecule has 0 aromatic rings. The maximum atomic E-state index is 5.84. The van der Waals surface area contributed by atoms with Crippen molar-refractivity contribution < 1.29 is 4.74 Å². The number of hydrogen-bond donors (Lipinski definition) is 0. The first-order valence-electron chi connectivity index (χ1n) is 5.86. The summed E-state index contributed by atoms with van der Waals surface area (Å²) in [5, 5.41) is 0. The minimum absolute atomic E-state index is 0.501. The summed E-state index contributed by atoms with van der Waals surface area (Å²) >= 11 is 0. The Morgan fingerprint density at radius 2 is 2.23 bits per heavy atom. The normalized spacial score (nSPS) is 39.0. The van der Waals surface area contributed by atoms with E-state index in [9.17, 15) is 0 Å². The molecular formula is C12H21O. The average molecular weight is 181 g/mol. The number of fused-ring (bicyclic) bond motifs is 1. The Kier molecular flexibility index (Phi) is 3.26. The highest BCUT2D eigenvalue weighted by molar-refractivity contribution is 4.92. The quantitative estimate of drug-likeness (QED) is 0.649. The van der Waals surface area contributed by atoms with Crippen LogP contribution >= 0.6 is 0 Å². The van der Waals surface area contributed by atoms with Crippen molar-refractivity contribution in [1.82, 2.24) is 0 Å². The van der Waals surface area contributed by atoms with Crippen molar-refractivity contribution in [2.45, 2.75) is 51.6 Å². The molecule has 3 atom stereocenters. The molecule has 1 saturated carbocycles. The zero-order chi connectivity index (χ0) is 9.10. The molecule has 2 rings (SSSR count). The molecule has 1 nitrogen and oxygen atoms in total. The predicted molar refractivity (Wildman–Crippen MR) is 54.4 cm³/mol. The Labute approximate surface area is 81.9 Å². The molecule has 1 aliphatic heterocycles. The molecule has 0 aromatic heterocycles. The van der Waals surface area contributed by atoms with Gasteiger partial charge in [-0.15, -0.1) is 0 Å². The molecule has 0 N–H and O–H groups in total. The lowest BCUT2D eigenvalue weighted by Gasteiger charge is -2.33. The molecule has 1 saturated heterocycles. The maximum Gasteiger partial charge on any atom is 0.0637 e. The van der Waals surface area contributed by atoms with E-state index in [1.54, 1.807) is 0 Å². The van der Waals surface area contributed by atoms with Crippen LogP contribution in [0.2, 0.25) is 0 Å². The lowest BCUT2D eigenvalue weighted by Crippen LogP contribution is -2.33. The molecule has 1 aliphatic carbocycles. The van der Waals surface area contributed by atoms with Crippen LogP contribution in [0.25, 0.3) is 0 Å². The van der Waals surface area contributed by atoms with E-state index in [4.69, 9.17) is 4.74 Å². The molecule has 1 radical (unpaired) electrons. The van der Waals surface area contributed by atoms with E-state index in [1.165, 1.54) is 38.5 Å². The molecule has 0 aromatic carbocycles. The van der Waals surface area contributed by atoms with Gasteiger partial charge >= 0.3 is 0 Å². The number of rotatable bonds is 3. The van der Waals surface area contributed by atoms with E-state index < -0.39 is 0 Å². The molecule has 0 bridgehead atoms. The number of ether oxygens (including phenoxy) is 1. The van der Waals surface area contributed by atoms with Gasteiger partial charge in [0.15, 0.2) is 0 Å². The van der Waals surface area contributed by atoms with Gasteiger partial charge in [-0.1, -0.05) is 19.8 Å². The van der Waals surface area contributed by atoms with Crippen molar-refractivity contribution in [1.29, 1.82) is 0 Å². The van der Waals surface area contributed by atoms with E-state index >= 15 is 0 Å².